The SMILES string of the molecule is O=P([O-])([O-])[O-].O=[Si]=O.[Ca+2].[K+]. The van der Waals surface area contributed by atoms with Gasteiger partial charge in [-0.25, -0.2) is 0 Å². The summed E-state index contributed by atoms with van der Waals surface area (Å²) in [6.45, 7) is 0. The van der Waals surface area contributed by atoms with Gasteiger partial charge in [0.05, 0.1) is 0 Å². The van der Waals surface area contributed by atoms with Gasteiger partial charge in [-0.1, -0.05) is 0 Å². The van der Waals surface area contributed by atoms with E-state index < -0.39 is 17.1 Å². The number of hydrogen-bond donors (Lipinski definition) is 0. The molecule has 0 heterocycles. The van der Waals surface area contributed by atoms with Gasteiger partial charge in [0, 0.05) is 0 Å². The van der Waals surface area contributed by atoms with Gasteiger partial charge in [-0.15, -0.1) is 0 Å². The van der Waals surface area contributed by atoms with E-state index in [0.29, 0.717) is 0 Å². The van der Waals surface area contributed by atoms with E-state index in [0.717, 1.165) is 0 Å². The topological polar surface area (TPSA) is 120 Å². The molecule has 0 aromatic rings. The second-order valence-corrected chi connectivity index (χ2v) is 1.59. The summed E-state index contributed by atoms with van der Waals surface area (Å²) in [6.07, 6.45) is 0. The van der Waals surface area contributed by atoms with Gasteiger partial charge < -0.3 is 19.2 Å². The van der Waals surface area contributed by atoms with Crippen molar-refractivity contribution < 1.29 is 79.6 Å². The van der Waals surface area contributed by atoms with Crippen LogP contribution in [0.5, 0.6) is 0 Å². The zero-order chi connectivity index (χ0) is 7.21. The first-order valence-corrected chi connectivity index (χ1v) is 3.42. The smallest absolute Gasteiger partial charge is 0.822 e. The zero-order valence-corrected chi connectivity index (χ0v) is 12.3. The Balaban J connectivity index is -0.0000000326. The summed E-state index contributed by atoms with van der Waals surface area (Å²) < 4.78 is 25.4. The summed E-state index contributed by atoms with van der Waals surface area (Å²) in [4.78, 5) is 25.6. The summed E-state index contributed by atoms with van der Waals surface area (Å²) >= 11 is 0. The van der Waals surface area contributed by atoms with Gasteiger partial charge in [0.2, 0.25) is 0 Å². The molecule has 10 heteroatoms. The molecule has 0 atom stereocenters. The average molecular weight is 234 g/mol. The minimum atomic E-state index is -5.39. The number of rotatable bonds is 0. The Morgan fingerprint density at radius 3 is 1.10 bits per heavy atom. The van der Waals surface area contributed by atoms with Crippen LogP contribution in [0.1, 0.15) is 0 Å². The Labute approximate surface area is 131 Å². The Bertz CT molecular complexity index is 115. The summed E-state index contributed by atoms with van der Waals surface area (Å²) in [7, 11) is -6.81. The third-order valence-corrected chi connectivity index (χ3v) is 0. The van der Waals surface area contributed by atoms with Crippen molar-refractivity contribution in [2.75, 3.05) is 0 Å². The van der Waals surface area contributed by atoms with Crippen LogP contribution in [0, 0.1) is 0 Å². The average Bonchev–Trinajstić information content (AvgIpc) is 1.27. The quantitative estimate of drug-likeness (QED) is 0.303. The second-order valence-electron chi connectivity index (χ2n) is 0.531. The standard InChI is InChI=1S/Ca.K.H3O4P.O2Si/c;;1-5(2,3)4;1-3-2/h;;(H3,1,2,3,4);/q+2;+1;;/p-3. The van der Waals surface area contributed by atoms with E-state index in [1.807, 2.05) is 0 Å². The molecule has 6 nitrogen and oxygen atoms in total. The normalized spacial score (nSPS) is 6.70. The van der Waals surface area contributed by atoms with E-state index >= 15 is 0 Å². The molecule has 48 valence electrons. The van der Waals surface area contributed by atoms with Crippen molar-refractivity contribution in [3.63, 3.8) is 0 Å². The molecule has 0 saturated heterocycles. The Morgan fingerprint density at radius 1 is 1.10 bits per heavy atom. The Kier molecular flexibility index (Phi) is 33.0. The fourth-order valence-electron chi connectivity index (χ4n) is 0. The van der Waals surface area contributed by atoms with E-state index in [1.54, 1.807) is 0 Å². The molecular weight excluding hydrogens is 234 g/mol. The minimum absolute atomic E-state index is 0. The Hall–Kier alpha value is 2.82. The van der Waals surface area contributed by atoms with Crippen molar-refractivity contribution in [2.24, 2.45) is 0 Å². The fraction of sp³-hybridized carbons (Fsp3) is 0. The first-order valence-electron chi connectivity index (χ1n) is 1.14. The molecule has 0 bridgehead atoms. The van der Waals surface area contributed by atoms with Crippen molar-refractivity contribution >= 4 is 54.9 Å². The van der Waals surface area contributed by atoms with Crippen LogP contribution in [0.4, 0.5) is 0 Å². The molecule has 0 spiro atoms. The van der Waals surface area contributed by atoms with Crippen molar-refractivity contribution in [3.05, 3.63) is 0 Å². The molecule has 0 unspecified atom stereocenters. The molecule has 0 aliphatic carbocycles. The van der Waals surface area contributed by atoms with Crippen LogP contribution in [-0.4, -0.2) is 47.0 Å². The van der Waals surface area contributed by atoms with Crippen molar-refractivity contribution in [2.45, 2.75) is 0 Å². The fourth-order valence-corrected chi connectivity index (χ4v) is 0. The van der Waals surface area contributed by atoms with Crippen LogP contribution in [-0.2, 0) is 13.5 Å². The summed E-state index contributed by atoms with van der Waals surface area (Å²) in [5, 5.41) is 0. The molecule has 0 saturated carbocycles. The maximum absolute atomic E-state index is 8.55. The molecule has 0 N–H and O–H groups in total. The molecule has 0 fully saturated rings. The van der Waals surface area contributed by atoms with Crippen molar-refractivity contribution in [1.82, 2.24) is 0 Å². The van der Waals surface area contributed by atoms with Gasteiger partial charge in [-0.2, -0.15) is 7.82 Å². The number of phosphoric acid groups is 1. The van der Waals surface area contributed by atoms with Crippen molar-refractivity contribution in [1.29, 1.82) is 0 Å². The summed E-state index contributed by atoms with van der Waals surface area (Å²) in [6, 6.07) is 0. The minimum Gasteiger partial charge on any atom is -0.822 e. The second kappa shape index (κ2) is 14.4. The molecule has 0 rings (SSSR count). The van der Waals surface area contributed by atoms with Crippen LogP contribution in [0.2, 0.25) is 0 Å². The molecule has 0 aromatic heterocycles. The van der Waals surface area contributed by atoms with Crippen LogP contribution in [0.3, 0.4) is 0 Å². The predicted molar refractivity (Wildman–Crippen MR) is 20.5 cm³/mol. The van der Waals surface area contributed by atoms with Gasteiger partial charge in [0.15, 0.2) is 0 Å². The maximum atomic E-state index is 8.55. The van der Waals surface area contributed by atoms with Crippen molar-refractivity contribution in [3.8, 4) is 0 Å². The van der Waals surface area contributed by atoms with Crippen LogP contribution >= 0.6 is 7.82 Å². The zero-order valence-electron chi connectivity index (χ0n) is 5.10. The molecule has 10 heavy (non-hydrogen) atoms. The van der Waals surface area contributed by atoms with Gasteiger partial charge in [0.25, 0.3) is 0 Å². The first-order chi connectivity index (χ1) is 3.41. The van der Waals surface area contributed by atoms with E-state index in [-0.39, 0.29) is 89.1 Å². The maximum Gasteiger partial charge on any atom is 2.00 e. The molecule has 0 aliphatic heterocycles. The first kappa shape index (κ1) is 23.0. The number of hydrogen-bond acceptors (Lipinski definition) is 6. The van der Waals surface area contributed by atoms with Crippen LogP contribution < -0.4 is 66.1 Å². The van der Waals surface area contributed by atoms with E-state index in [1.165, 1.54) is 0 Å². The monoisotopic (exact) mass is 234 g/mol. The summed E-state index contributed by atoms with van der Waals surface area (Å²) in [5.41, 5.74) is 0. The van der Waals surface area contributed by atoms with Gasteiger partial charge in [-0.05, 0) is 0 Å². The van der Waals surface area contributed by atoms with E-state index in [2.05, 4.69) is 0 Å². The third-order valence-electron chi connectivity index (χ3n) is 0. The van der Waals surface area contributed by atoms with Gasteiger partial charge in [0.1, 0.15) is 0 Å². The molecule has 0 radical (unpaired) electrons. The van der Waals surface area contributed by atoms with E-state index in [4.69, 9.17) is 28.2 Å². The van der Waals surface area contributed by atoms with Gasteiger partial charge >= 0.3 is 98.4 Å². The largest absolute Gasteiger partial charge is 2.00 e. The van der Waals surface area contributed by atoms with E-state index in [9.17, 15) is 0 Å². The summed E-state index contributed by atoms with van der Waals surface area (Å²) in [5.74, 6) is 0. The van der Waals surface area contributed by atoms with Crippen LogP contribution in [0.15, 0.2) is 0 Å². The molecule has 0 aliphatic rings. The van der Waals surface area contributed by atoms with Gasteiger partial charge in [-0.3, -0.25) is 8.92 Å². The molecular formula is CaKO6PSi. The Morgan fingerprint density at radius 2 is 1.10 bits per heavy atom. The predicted octanol–water partition coefficient (Wildman–Crippen LogP) is -6.82. The molecule has 0 aromatic carbocycles. The van der Waals surface area contributed by atoms with Crippen LogP contribution in [0.25, 0.3) is 0 Å². The molecule has 0 amide bonds. The third kappa shape index (κ3) is 131.